The molecule has 1 amide bonds. The second kappa shape index (κ2) is 9.29. The molecule has 1 N–H and O–H groups in total. The Morgan fingerprint density at radius 2 is 1.93 bits per heavy atom. The van der Waals surface area contributed by atoms with E-state index < -0.39 is 10.0 Å². The number of hydrogen-bond donors (Lipinski definition) is 1. The summed E-state index contributed by atoms with van der Waals surface area (Å²) in [5.41, 5.74) is 0.793. The molecule has 144 valence electrons. The fourth-order valence-electron chi connectivity index (χ4n) is 2.74. The number of amides is 1. The molecule has 1 aliphatic rings. The smallest absolute Gasteiger partial charge is 0.244 e. The number of pyridine rings is 2. The largest absolute Gasteiger partial charge is 0.350 e. The van der Waals surface area contributed by atoms with E-state index in [-0.39, 0.29) is 16.6 Å². The molecule has 0 radical (unpaired) electrons. The Hall–Kier alpha value is -1.97. The molecule has 0 spiro atoms. The highest BCUT2D eigenvalue weighted by Gasteiger charge is 2.26. The van der Waals surface area contributed by atoms with Crippen molar-refractivity contribution in [3.05, 3.63) is 48.4 Å². The van der Waals surface area contributed by atoms with Crippen LogP contribution in [0.25, 0.3) is 0 Å². The Bertz CT molecular complexity index is 852. The van der Waals surface area contributed by atoms with E-state index >= 15 is 0 Å². The molecule has 2 aromatic rings. The number of nitrogens with one attached hydrogen (secondary N) is 1. The van der Waals surface area contributed by atoms with E-state index in [1.165, 1.54) is 22.3 Å². The number of piperidine rings is 1. The zero-order chi connectivity index (χ0) is 19.1. The lowest BCUT2D eigenvalue weighted by atomic mass is 10.2. The second-order valence-electron chi connectivity index (χ2n) is 6.18. The van der Waals surface area contributed by atoms with E-state index in [4.69, 9.17) is 0 Å². The van der Waals surface area contributed by atoms with Gasteiger partial charge in [0.1, 0.15) is 4.90 Å². The van der Waals surface area contributed by atoms with Gasteiger partial charge in [0.2, 0.25) is 15.9 Å². The van der Waals surface area contributed by atoms with Crippen LogP contribution in [-0.4, -0.2) is 47.4 Å². The summed E-state index contributed by atoms with van der Waals surface area (Å²) in [5, 5.41) is 3.41. The van der Waals surface area contributed by atoms with E-state index in [0.717, 1.165) is 25.0 Å². The lowest BCUT2D eigenvalue weighted by Gasteiger charge is -2.25. The molecule has 0 atom stereocenters. The predicted octanol–water partition coefficient (Wildman–Crippen LogP) is 2.06. The topological polar surface area (TPSA) is 92.3 Å². The van der Waals surface area contributed by atoms with Gasteiger partial charge in [-0.25, -0.2) is 13.4 Å². The number of aromatic nitrogens is 2. The highest BCUT2D eigenvalue weighted by Crippen LogP contribution is 2.22. The molecule has 27 heavy (non-hydrogen) atoms. The minimum atomic E-state index is -3.47. The second-order valence-corrected chi connectivity index (χ2v) is 9.12. The van der Waals surface area contributed by atoms with E-state index in [0.29, 0.717) is 24.7 Å². The lowest BCUT2D eigenvalue weighted by Crippen LogP contribution is -2.35. The third kappa shape index (κ3) is 5.50. The standard InChI is InChI=1S/C18H22N4O3S2/c23-17(20-12-15-6-2-3-9-19-15)14-26-18-8-7-16(13-21-18)27(24,25)22-10-4-1-5-11-22/h2-3,6-9,13H,1,4-5,10-12,14H2,(H,20,23). The molecular formula is C18H22N4O3S2. The molecular weight excluding hydrogens is 384 g/mol. The van der Waals surface area contributed by atoms with Crippen LogP contribution in [0.1, 0.15) is 25.0 Å². The fourth-order valence-corrected chi connectivity index (χ4v) is 4.88. The number of sulfonamides is 1. The summed E-state index contributed by atoms with van der Waals surface area (Å²) >= 11 is 1.27. The van der Waals surface area contributed by atoms with Gasteiger partial charge in [0, 0.05) is 25.5 Å². The number of rotatable bonds is 7. The van der Waals surface area contributed by atoms with Crippen LogP contribution in [0.15, 0.2) is 52.6 Å². The molecule has 0 aliphatic carbocycles. The third-order valence-electron chi connectivity index (χ3n) is 4.21. The van der Waals surface area contributed by atoms with Crippen molar-refractivity contribution in [3.63, 3.8) is 0 Å². The van der Waals surface area contributed by atoms with Gasteiger partial charge < -0.3 is 5.32 Å². The van der Waals surface area contributed by atoms with Crippen LogP contribution in [0, 0.1) is 0 Å². The third-order valence-corrected chi connectivity index (χ3v) is 7.03. The molecule has 0 aromatic carbocycles. The first-order valence-corrected chi connectivity index (χ1v) is 11.2. The Labute approximate surface area is 163 Å². The summed E-state index contributed by atoms with van der Waals surface area (Å²) in [7, 11) is -3.47. The van der Waals surface area contributed by atoms with Crippen molar-refractivity contribution in [3.8, 4) is 0 Å². The number of thioether (sulfide) groups is 1. The van der Waals surface area contributed by atoms with Crippen LogP contribution < -0.4 is 5.32 Å². The Morgan fingerprint density at radius 3 is 2.59 bits per heavy atom. The van der Waals surface area contributed by atoms with Gasteiger partial charge in [0.25, 0.3) is 0 Å². The van der Waals surface area contributed by atoms with Gasteiger partial charge in [-0.2, -0.15) is 4.31 Å². The van der Waals surface area contributed by atoms with Gasteiger partial charge in [-0.3, -0.25) is 9.78 Å². The summed E-state index contributed by atoms with van der Waals surface area (Å²) in [6.45, 7) is 1.51. The van der Waals surface area contributed by atoms with Crippen molar-refractivity contribution in [2.75, 3.05) is 18.8 Å². The summed E-state index contributed by atoms with van der Waals surface area (Å²) in [6.07, 6.45) is 5.92. The summed E-state index contributed by atoms with van der Waals surface area (Å²) in [4.78, 5) is 20.5. The van der Waals surface area contributed by atoms with Crippen molar-refractivity contribution in [2.24, 2.45) is 0 Å². The maximum absolute atomic E-state index is 12.6. The number of nitrogens with zero attached hydrogens (tertiary/aromatic N) is 3. The first kappa shape index (κ1) is 19.8. The monoisotopic (exact) mass is 406 g/mol. The molecule has 1 saturated heterocycles. The van der Waals surface area contributed by atoms with Gasteiger partial charge in [0.05, 0.1) is 23.0 Å². The molecule has 1 fully saturated rings. The lowest BCUT2D eigenvalue weighted by molar-refractivity contribution is -0.118. The van der Waals surface area contributed by atoms with Crippen LogP contribution >= 0.6 is 11.8 Å². The highest BCUT2D eigenvalue weighted by molar-refractivity contribution is 7.99. The van der Waals surface area contributed by atoms with Gasteiger partial charge in [-0.15, -0.1) is 0 Å². The van der Waals surface area contributed by atoms with Crippen LogP contribution in [0.3, 0.4) is 0 Å². The Balaban J connectivity index is 1.50. The predicted molar refractivity (Wildman–Crippen MR) is 104 cm³/mol. The molecule has 9 heteroatoms. The van der Waals surface area contributed by atoms with Crippen LogP contribution in [0.4, 0.5) is 0 Å². The first-order valence-electron chi connectivity index (χ1n) is 8.81. The van der Waals surface area contributed by atoms with Gasteiger partial charge in [-0.1, -0.05) is 24.2 Å². The van der Waals surface area contributed by atoms with Crippen LogP contribution in [0.5, 0.6) is 0 Å². The molecule has 3 heterocycles. The Morgan fingerprint density at radius 1 is 1.11 bits per heavy atom. The first-order chi connectivity index (χ1) is 13.1. The molecule has 0 saturated carbocycles. The van der Waals surface area contributed by atoms with Crippen LogP contribution in [-0.2, 0) is 21.4 Å². The number of carbonyl (C=O) groups is 1. The van der Waals surface area contributed by atoms with Gasteiger partial charge >= 0.3 is 0 Å². The molecule has 0 bridgehead atoms. The fraction of sp³-hybridized carbons (Fsp3) is 0.389. The average molecular weight is 407 g/mol. The van der Waals surface area contributed by atoms with E-state index in [9.17, 15) is 13.2 Å². The SMILES string of the molecule is O=C(CSc1ccc(S(=O)(=O)N2CCCCC2)cn1)NCc1ccccn1. The van der Waals surface area contributed by atoms with Gasteiger partial charge in [-0.05, 0) is 37.1 Å². The molecule has 7 nitrogen and oxygen atoms in total. The van der Waals surface area contributed by atoms with Crippen molar-refractivity contribution in [1.82, 2.24) is 19.6 Å². The highest BCUT2D eigenvalue weighted by atomic mass is 32.2. The van der Waals surface area contributed by atoms with E-state index in [1.807, 2.05) is 18.2 Å². The van der Waals surface area contributed by atoms with Gasteiger partial charge in [0.15, 0.2) is 0 Å². The molecule has 1 aliphatic heterocycles. The minimum Gasteiger partial charge on any atom is -0.350 e. The molecule has 0 unspecified atom stereocenters. The Kier molecular flexibility index (Phi) is 6.81. The quantitative estimate of drug-likeness (QED) is 0.708. The normalized spacial score (nSPS) is 15.4. The molecule has 3 rings (SSSR count). The minimum absolute atomic E-state index is 0.127. The van der Waals surface area contributed by atoms with Crippen LogP contribution in [0.2, 0.25) is 0 Å². The number of hydrogen-bond acceptors (Lipinski definition) is 6. The van der Waals surface area contributed by atoms with Crippen molar-refractivity contribution >= 4 is 27.7 Å². The summed E-state index contributed by atoms with van der Waals surface area (Å²) in [5.74, 6) is 0.0791. The zero-order valence-electron chi connectivity index (χ0n) is 14.9. The van der Waals surface area contributed by atoms with E-state index in [2.05, 4.69) is 15.3 Å². The average Bonchev–Trinajstić information content (AvgIpc) is 2.72. The van der Waals surface area contributed by atoms with Crippen molar-refractivity contribution < 1.29 is 13.2 Å². The maximum Gasteiger partial charge on any atom is 0.244 e. The van der Waals surface area contributed by atoms with E-state index in [1.54, 1.807) is 18.3 Å². The maximum atomic E-state index is 12.6. The summed E-state index contributed by atoms with van der Waals surface area (Å²) < 4.78 is 26.7. The summed E-state index contributed by atoms with van der Waals surface area (Å²) in [6, 6.07) is 8.74. The molecule has 2 aromatic heterocycles. The number of carbonyl (C=O) groups excluding carboxylic acids is 1. The zero-order valence-corrected chi connectivity index (χ0v) is 16.5. The van der Waals surface area contributed by atoms with Crippen molar-refractivity contribution in [2.45, 2.75) is 35.7 Å². The van der Waals surface area contributed by atoms with Crippen molar-refractivity contribution in [1.29, 1.82) is 0 Å².